The number of anilines is 1. The fraction of sp³-hybridized carbons (Fsp3) is 0.235. The van der Waals surface area contributed by atoms with Crippen molar-refractivity contribution in [3.8, 4) is 11.4 Å². The van der Waals surface area contributed by atoms with Crippen molar-refractivity contribution in [2.75, 3.05) is 25.6 Å². The molecule has 1 aliphatic rings. The van der Waals surface area contributed by atoms with Crippen LogP contribution in [0.2, 0.25) is 0 Å². The maximum Gasteiger partial charge on any atom is 0.262 e. The molecule has 0 saturated carbocycles. The van der Waals surface area contributed by atoms with Crippen LogP contribution < -0.4 is 21.3 Å². The lowest BCUT2D eigenvalue weighted by Gasteiger charge is -2.13. The van der Waals surface area contributed by atoms with Gasteiger partial charge in [-0.15, -0.1) is 0 Å². The third-order valence-electron chi connectivity index (χ3n) is 3.73. The summed E-state index contributed by atoms with van der Waals surface area (Å²) < 4.78 is 11.9. The Morgan fingerprint density at radius 2 is 1.92 bits per heavy atom. The number of benzene rings is 1. The first-order valence-corrected chi connectivity index (χ1v) is 7.75. The second kappa shape index (κ2) is 6.78. The van der Waals surface area contributed by atoms with Gasteiger partial charge in [0, 0.05) is 18.7 Å². The highest BCUT2D eigenvalue weighted by Gasteiger charge is 2.31. The highest BCUT2D eigenvalue weighted by Crippen LogP contribution is 2.24. The summed E-state index contributed by atoms with van der Waals surface area (Å²) in [5.74, 6) is -0.791. The number of aromatic nitrogens is 1. The molecule has 25 heavy (non-hydrogen) atoms. The van der Waals surface area contributed by atoms with Gasteiger partial charge in [-0.1, -0.05) is 6.07 Å². The maximum atomic E-state index is 12.4. The van der Waals surface area contributed by atoms with Crippen molar-refractivity contribution in [3.05, 3.63) is 51.8 Å². The minimum atomic E-state index is -0.621. The zero-order chi connectivity index (χ0) is 18.0. The zero-order valence-electron chi connectivity index (χ0n) is 13.6. The number of hydrogen-bond donors (Lipinski definition) is 2. The van der Waals surface area contributed by atoms with E-state index in [1.807, 2.05) is 6.92 Å². The average Bonchev–Trinajstić information content (AvgIpc) is 2.86. The first-order valence-electron chi connectivity index (χ1n) is 7.75. The van der Waals surface area contributed by atoms with Crippen LogP contribution in [0.1, 0.15) is 27.6 Å². The Balaban J connectivity index is 1.98. The second-order valence-electron chi connectivity index (χ2n) is 5.32. The maximum absolute atomic E-state index is 12.4. The number of rotatable bonds is 6. The average molecular weight is 343 g/mol. The van der Waals surface area contributed by atoms with Crippen LogP contribution in [0, 0.1) is 0 Å². The zero-order valence-corrected chi connectivity index (χ0v) is 13.6. The van der Waals surface area contributed by atoms with Crippen LogP contribution in [0.25, 0.3) is 5.69 Å². The number of pyridine rings is 1. The molecule has 3 rings (SSSR count). The van der Waals surface area contributed by atoms with E-state index >= 15 is 0 Å². The Kier molecular flexibility index (Phi) is 4.53. The van der Waals surface area contributed by atoms with Gasteiger partial charge in [0.05, 0.1) is 23.4 Å². The van der Waals surface area contributed by atoms with E-state index in [0.717, 1.165) is 6.07 Å². The number of ether oxygens (including phenoxy) is 2. The van der Waals surface area contributed by atoms with Crippen LogP contribution in [0.3, 0.4) is 0 Å². The van der Waals surface area contributed by atoms with Gasteiger partial charge in [0.1, 0.15) is 18.2 Å². The fourth-order valence-electron chi connectivity index (χ4n) is 2.62. The lowest BCUT2D eigenvalue weighted by atomic mass is 10.1. The van der Waals surface area contributed by atoms with E-state index in [1.54, 1.807) is 24.3 Å². The molecule has 0 bridgehead atoms. The van der Waals surface area contributed by atoms with Crippen LogP contribution in [0.15, 0.2) is 35.1 Å². The minimum absolute atomic E-state index is 0.00660. The van der Waals surface area contributed by atoms with E-state index < -0.39 is 17.4 Å². The van der Waals surface area contributed by atoms with E-state index in [1.165, 1.54) is 4.57 Å². The molecule has 1 aromatic carbocycles. The molecule has 0 saturated heterocycles. The molecular formula is C17H17N3O5. The van der Waals surface area contributed by atoms with Crippen molar-refractivity contribution >= 4 is 17.6 Å². The van der Waals surface area contributed by atoms with Gasteiger partial charge >= 0.3 is 0 Å². The molecule has 1 aliphatic heterocycles. The summed E-state index contributed by atoms with van der Waals surface area (Å²) in [5.41, 5.74) is 5.93. The summed E-state index contributed by atoms with van der Waals surface area (Å²) in [4.78, 5) is 36.0. The van der Waals surface area contributed by atoms with Crippen LogP contribution >= 0.6 is 0 Å². The predicted octanol–water partition coefficient (Wildman–Crippen LogP) is 0.719. The van der Waals surface area contributed by atoms with Gasteiger partial charge in [-0.3, -0.25) is 24.3 Å². The van der Waals surface area contributed by atoms with Crippen molar-refractivity contribution in [1.82, 2.24) is 9.88 Å². The number of nitrogen functional groups attached to an aromatic ring is 1. The number of nitrogens with one attached hydrogen (secondary N) is 1. The second-order valence-corrected chi connectivity index (χ2v) is 5.32. The number of fused-ring (bicyclic) bond motifs is 1. The van der Waals surface area contributed by atoms with E-state index in [-0.39, 0.29) is 16.9 Å². The normalized spacial score (nSPS) is 12.8. The number of hydrogen-bond acceptors (Lipinski definition) is 6. The third kappa shape index (κ3) is 3.11. The molecule has 0 unspecified atom stereocenters. The lowest BCUT2D eigenvalue weighted by Crippen LogP contribution is -2.24. The molecule has 130 valence electrons. The highest BCUT2D eigenvalue weighted by molar-refractivity contribution is 6.23. The molecule has 0 fully saturated rings. The quantitative estimate of drug-likeness (QED) is 0.590. The van der Waals surface area contributed by atoms with Crippen LogP contribution in [0.5, 0.6) is 5.75 Å². The van der Waals surface area contributed by atoms with Crippen molar-refractivity contribution < 1.29 is 19.1 Å². The molecular weight excluding hydrogens is 326 g/mol. The topological polar surface area (TPSA) is 113 Å². The summed E-state index contributed by atoms with van der Waals surface area (Å²) >= 11 is 0. The Labute approximate surface area is 143 Å². The molecule has 0 spiro atoms. The number of nitrogens with zero attached hydrogens (tertiary/aromatic N) is 1. The van der Waals surface area contributed by atoms with E-state index in [2.05, 4.69) is 5.32 Å². The SMILES string of the molecule is CCOCCOc1cccc(-n2c(N)c3c(cc2=O)C(=O)NC3=O)c1. The Hall–Kier alpha value is -3.13. The molecule has 0 atom stereocenters. The molecule has 8 nitrogen and oxygen atoms in total. The Morgan fingerprint density at radius 3 is 2.68 bits per heavy atom. The number of nitrogens with two attached hydrogens (primary N) is 1. The monoisotopic (exact) mass is 343 g/mol. The molecule has 0 radical (unpaired) electrons. The summed E-state index contributed by atoms with van der Waals surface area (Å²) in [6.07, 6.45) is 0. The number of carbonyl (C=O) groups is 2. The first-order chi connectivity index (χ1) is 12.0. The van der Waals surface area contributed by atoms with E-state index in [0.29, 0.717) is 31.3 Å². The smallest absolute Gasteiger partial charge is 0.262 e. The van der Waals surface area contributed by atoms with Gasteiger partial charge in [0.2, 0.25) is 0 Å². The number of amides is 2. The predicted molar refractivity (Wildman–Crippen MR) is 90.2 cm³/mol. The summed E-state index contributed by atoms with van der Waals surface area (Å²) in [7, 11) is 0. The summed E-state index contributed by atoms with van der Waals surface area (Å²) in [6, 6.07) is 7.84. The molecule has 3 N–H and O–H groups in total. The van der Waals surface area contributed by atoms with E-state index in [9.17, 15) is 14.4 Å². The molecule has 2 aromatic rings. The Bertz CT molecular complexity index is 904. The largest absolute Gasteiger partial charge is 0.491 e. The van der Waals surface area contributed by atoms with Gasteiger partial charge in [0.25, 0.3) is 17.4 Å². The van der Waals surface area contributed by atoms with Crippen molar-refractivity contribution in [2.45, 2.75) is 6.92 Å². The van der Waals surface area contributed by atoms with E-state index in [4.69, 9.17) is 15.2 Å². The molecule has 1 aromatic heterocycles. The third-order valence-corrected chi connectivity index (χ3v) is 3.73. The van der Waals surface area contributed by atoms with Crippen LogP contribution in [0.4, 0.5) is 5.82 Å². The van der Waals surface area contributed by atoms with Crippen molar-refractivity contribution in [2.24, 2.45) is 0 Å². The lowest BCUT2D eigenvalue weighted by molar-refractivity contribution is 0.0880. The molecule has 0 aliphatic carbocycles. The fourth-order valence-corrected chi connectivity index (χ4v) is 2.62. The van der Waals surface area contributed by atoms with Gasteiger partial charge in [-0.25, -0.2) is 0 Å². The number of imide groups is 1. The van der Waals surface area contributed by atoms with Crippen LogP contribution in [-0.2, 0) is 4.74 Å². The van der Waals surface area contributed by atoms with Crippen LogP contribution in [-0.4, -0.2) is 36.2 Å². The first kappa shape index (κ1) is 16.7. The molecule has 8 heteroatoms. The van der Waals surface area contributed by atoms with Gasteiger partial charge < -0.3 is 15.2 Å². The van der Waals surface area contributed by atoms with Gasteiger partial charge in [0.15, 0.2) is 0 Å². The minimum Gasteiger partial charge on any atom is -0.491 e. The van der Waals surface area contributed by atoms with Crippen molar-refractivity contribution in [1.29, 1.82) is 0 Å². The summed E-state index contributed by atoms with van der Waals surface area (Å²) in [5, 5.41) is 2.13. The Morgan fingerprint density at radius 1 is 1.12 bits per heavy atom. The summed E-state index contributed by atoms with van der Waals surface area (Å²) in [6.45, 7) is 3.31. The standard InChI is InChI=1S/C17H17N3O5/c1-2-24-6-7-25-11-5-3-4-10(8-11)20-13(21)9-12-14(15(20)18)17(23)19-16(12)22/h3-5,8-9H,2,6-7,18H2,1H3,(H,19,22,23). The molecule has 2 amide bonds. The number of carbonyl (C=O) groups excluding carboxylic acids is 2. The highest BCUT2D eigenvalue weighted by atomic mass is 16.5. The van der Waals surface area contributed by atoms with Crippen molar-refractivity contribution in [3.63, 3.8) is 0 Å². The van der Waals surface area contributed by atoms with Gasteiger partial charge in [-0.2, -0.15) is 0 Å². The van der Waals surface area contributed by atoms with Gasteiger partial charge in [-0.05, 0) is 19.1 Å². The molecule has 2 heterocycles.